The van der Waals surface area contributed by atoms with Crippen LogP contribution in [0.1, 0.15) is 93.6 Å². The van der Waals surface area contributed by atoms with Crippen molar-refractivity contribution in [3.63, 3.8) is 0 Å². The quantitative estimate of drug-likeness (QED) is 0.286. The summed E-state index contributed by atoms with van der Waals surface area (Å²) < 4.78 is 0. The molecule has 0 saturated heterocycles. The Morgan fingerprint density at radius 3 is 2.33 bits per heavy atom. The van der Waals surface area contributed by atoms with Gasteiger partial charge < -0.3 is 10.0 Å². The summed E-state index contributed by atoms with van der Waals surface area (Å²) >= 11 is 7.04. The second-order valence-corrected chi connectivity index (χ2v) is 13.6. The molecule has 2 saturated carbocycles. The van der Waals surface area contributed by atoms with Crippen LogP contribution in [-0.4, -0.2) is 46.3 Å². The third-order valence-electron chi connectivity index (χ3n) is 7.73. The molecule has 2 aliphatic rings. The molecule has 4 rings (SSSR count). The highest BCUT2D eigenvalue weighted by molar-refractivity contribution is 7.15. The number of anilines is 2. The van der Waals surface area contributed by atoms with Crippen molar-refractivity contribution in [3.05, 3.63) is 33.1 Å². The van der Waals surface area contributed by atoms with E-state index in [-0.39, 0.29) is 34.2 Å². The second kappa shape index (κ2) is 12.9. The Balaban J connectivity index is 1.57. The maximum atomic E-state index is 14.1. The normalized spacial score (nSPS) is 23.1. The van der Waals surface area contributed by atoms with Crippen molar-refractivity contribution >= 4 is 46.3 Å². The van der Waals surface area contributed by atoms with Crippen LogP contribution in [0, 0.1) is 29.1 Å². The van der Waals surface area contributed by atoms with Gasteiger partial charge in [-0.25, -0.2) is 10.2 Å². The number of hydrogen-bond acceptors (Lipinski definition) is 7. The molecule has 0 spiro atoms. The molecule has 0 bridgehead atoms. The third-order valence-corrected chi connectivity index (χ3v) is 8.96. The van der Waals surface area contributed by atoms with Gasteiger partial charge in [0.2, 0.25) is 5.91 Å². The molecule has 0 unspecified atom stereocenters. The number of rotatable bonds is 7. The first-order chi connectivity index (χ1) is 18.9. The number of carbonyl (C=O) groups is 2. The molecule has 0 aliphatic heterocycles. The summed E-state index contributed by atoms with van der Waals surface area (Å²) in [6.07, 6.45) is 6.97. The van der Waals surface area contributed by atoms with Gasteiger partial charge in [0.15, 0.2) is 11.0 Å². The van der Waals surface area contributed by atoms with Gasteiger partial charge in [0, 0.05) is 30.5 Å². The highest BCUT2D eigenvalue weighted by Crippen LogP contribution is 2.39. The average Bonchev–Trinajstić information content (AvgIpc) is 3.33. The molecule has 8 nitrogen and oxygen atoms in total. The molecule has 2 fully saturated rings. The number of hydrogen-bond donors (Lipinski definition) is 2. The molecule has 0 radical (unpaired) electrons. The summed E-state index contributed by atoms with van der Waals surface area (Å²) in [6.45, 7) is 8.31. The van der Waals surface area contributed by atoms with E-state index in [9.17, 15) is 14.7 Å². The van der Waals surface area contributed by atoms with Crippen molar-refractivity contribution in [2.24, 2.45) is 17.3 Å². The predicted molar refractivity (Wildman–Crippen MR) is 161 cm³/mol. The van der Waals surface area contributed by atoms with Crippen LogP contribution >= 0.6 is 22.9 Å². The second-order valence-electron chi connectivity index (χ2n) is 12.2. The average molecular weight is 586 g/mol. The van der Waals surface area contributed by atoms with Crippen LogP contribution in [0.4, 0.5) is 11.5 Å². The van der Waals surface area contributed by atoms with Crippen molar-refractivity contribution in [1.82, 2.24) is 15.6 Å². The third kappa shape index (κ3) is 7.74. The van der Waals surface area contributed by atoms with Crippen molar-refractivity contribution in [1.29, 1.82) is 0 Å². The number of carboxylic acid groups (broad SMARTS) is 1. The topological polar surface area (TPSA) is 98.7 Å². The number of thiophene rings is 1. The van der Waals surface area contributed by atoms with Crippen LogP contribution in [0.25, 0.3) is 0 Å². The van der Waals surface area contributed by atoms with Gasteiger partial charge in [0.1, 0.15) is 4.88 Å². The monoisotopic (exact) mass is 585 g/mol. The van der Waals surface area contributed by atoms with E-state index in [4.69, 9.17) is 11.6 Å². The van der Waals surface area contributed by atoms with E-state index in [2.05, 4.69) is 34.4 Å². The lowest BCUT2D eigenvalue weighted by Crippen LogP contribution is -2.50. The minimum absolute atomic E-state index is 0.0625. The fourth-order valence-electron chi connectivity index (χ4n) is 5.51. The lowest BCUT2D eigenvalue weighted by molar-refractivity contribution is -0.124. The molecule has 0 atom stereocenters. The summed E-state index contributed by atoms with van der Waals surface area (Å²) in [5.74, 6) is 6.63. The maximum absolute atomic E-state index is 14.1. The first-order valence-corrected chi connectivity index (χ1v) is 15.3. The van der Waals surface area contributed by atoms with Crippen LogP contribution < -0.4 is 15.3 Å². The number of aromatic nitrogens is 2. The number of aromatic carboxylic acids is 1. The summed E-state index contributed by atoms with van der Waals surface area (Å²) in [5.41, 5.74) is 3.78. The maximum Gasteiger partial charge on any atom is 0.348 e. The molecular weight excluding hydrogens is 546 g/mol. The van der Waals surface area contributed by atoms with E-state index in [0.29, 0.717) is 27.5 Å². The molecule has 2 N–H and O–H groups in total. The molecule has 2 aliphatic carbocycles. The first-order valence-electron chi connectivity index (χ1n) is 14.1. The van der Waals surface area contributed by atoms with Gasteiger partial charge in [-0.1, -0.05) is 30.4 Å². The van der Waals surface area contributed by atoms with Crippen molar-refractivity contribution in [2.45, 2.75) is 91.1 Å². The zero-order chi connectivity index (χ0) is 29.0. The van der Waals surface area contributed by atoms with E-state index in [1.807, 2.05) is 49.9 Å². The van der Waals surface area contributed by atoms with E-state index in [1.54, 1.807) is 6.07 Å². The summed E-state index contributed by atoms with van der Waals surface area (Å²) in [5, 5.41) is 20.4. The number of halogens is 1. The van der Waals surface area contributed by atoms with Crippen LogP contribution in [-0.2, 0) is 4.79 Å². The Hall–Kier alpha value is -2.67. The van der Waals surface area contributed by atoms with E-state index >= 15 is 0 Å². The van der Waals surface area contributed by atoms with Crippen molar-refractivity contribution in [3.8, 4) is 11.8 Å². The Kier molecular flexibility index (Phi) is 9.76. The Morgan fingerprint density at radius 1 is 1.07 bits per heavy atom. The molecule has 40 heavy (non-hydrogen) atoms. The number of amides is 1. The van der Waals surface area contributed by atoms with E-state index in [1.165, 1.54) is 0 Å². The minimum atomic E-state index is -1.01. The van der Waals surface area contributed by atoms with Crippen LogP contribution in [0.2, 0.25) is 5.15 Å². The van der Waals surface area contributed by atoms with Gasteiger partial charge in [0.05, 0.1) is 10.6 Å². The molecule has 1 amide bonds. The van der Waals surface area contributed by atoms with Gasteiger partial charge in [-0.2, -0.15) is 0 Å². The number of nitrogens with one attached hydrogen (secondary N) is 1. The SMILES string of the molecule is CC1CCC(C(=O)N(c2cc(C#CC(C)(C)C)sc2C(=O)O)C2CCC(NN(C)c3ccc(Cl)nn3)CC2)CC1. The summed E-state index contributed by atoms with van der Waals surface area (Å²) in [4.78, 5) is 29.2. The largest absolute Gasteiger partial charge is 0.477 e. The fraction of sp³-hybridized carbons (Fsp3) is 0.600. The van der Waals surface area contributed by atoms with Crippen molar-refractivity contribution < 1.29 is 14.7 Å². The zero-order valence-corrected chi connectivity index (χ0v) is 25.6. The van der Waals surface area contributed by atoms with Gasteiger partial charge in [-0.15, -0.1) is 21.5 Å². The van der Waals surface area contributed by atoms with Crippen molar-refractivity contribution in [2.75, 3.05) is 17.0 Å². The lowest BCUT2D eigenvalue weighted by Gasteiger charge is -2.40. The molecule has 2 aromatic heterocycles. The van der Waals surface area contributed by atoms with E-state index < -0.39 is 5.97 Å². The molecule has 0 aromatic carbocycles. The van der Waals surface area contributed by atoms with Gasteiger partial charge in [-0.3, -0.25) is 9.80 Å². The Labute approximate surface area is 246 Å². The standard InChI is InChI=1S/C30H40ClN5O3S/c1-19-6-8-20(9-7-19)28(37)36(24-18-23(16-17-30(2,3)4)40-27(24)29(38)39)22-12-10-21(11-13-22)34-35(5)26-15-14-25(31)32-33-26/h14-15,18-22,34H,6-13H2,1-5H3,(H,38,39). The number of nitrogens with zero attached hydrogens (tertiary/aromatic N) is 4. The number of carbonyl (C=O) groups excluding carboxylic acids is 1. The smallest absolute Gasteiger partial charge is 0.348 e. The van der Waals surface area contributed by atoms with Gasteiger partial charge in [-0.05, 0) is 96.3 Å². The number of hydrazine groups is 1. The fourth-order valence-corrected chi connectivity index (χ4v) is 6.46. The summed E-state index contributed by atoms with van der Waals surface area (Å²) in [6, 6.07) is 5.47. The minimum Gasteiger partial charge on any atom is -0.477 e. The van der Waals surface area contributed by atoms with Crippen LogP contribution in [0.5, 0.6) is 0 Å². The molecule has 216 valence electrons. The zero-order valence-electron chi connectivity index (χ0n) is 24.0. The molecule has 2 heterocycles. The highest BCUT2D eigenvalue weighted by atomic mass is 35.5. The molecular formula is C30H40ClN5O3S. The van der Waals surface area contributed by atoms with Gasteiger partial charge >= 0.3 is 5.97 Å². The van der Waals surface area contributed by atoms with Crippen LogP contribution in [0.3, 0.4) is 0 Å². The molecule has 2 aromatic rings. The molecule has 10 heteroatoms. The van der Waals surface area contributed by atoms with Crippen LogP contribution in [0.15, 0.2) is 18.2 Å². The van der Waals surface area contributed by atoms with Gasteiger partial charge in [0.25, 0.3) is 0 Å². The summed E-state index contributed by atoms with van der Waals surface area (Å²) in [7, 11) is 1.90. The predicted octanol–water partition coefficient (Wildman–Crippen LogP) is 6.40. The Morgan fingerprint density at radius 2 is 1.75 bits per heavy atom. The van der Waals surface area contributed by atoms with E-state index in [0.717, 1.165) is 62.7 Å². The highest BCUT2D eigenvalue weighted by Gasteiger charge is 2.37. The Bertz CT molecular complexity index is 1250. The first kappa shape index (κ1) is 30.3. The number of carboxylic acids is 1. The lowest BCUT2D eigenvalue weighted by atomic mass is 9.81.